The molecule has 1 fully saturated rings. The number of aryl methyl sites for hydroxylation is 2. The van der Waals surface area contributed by atoms with Crippen molar-refractivity contribution in [3.8, 4) is 0 Å². The number of rotatable bonds is 4. The molecule has 0 amide bonds. The Morgan fingerprint density at radius 1 is 1.08 bits per heavy atom. The molecule has 5 heteroatoms. The molecule has 3 heterocycles. The standard InChI is InChI=1S/C20H24N4O/c1-15-3-6-20-22-17(14-24(20)13-15)12-21-19-11-18(5-4-16(19)2)23-7-9-25-10-8-23/h3-6,11,13-14,21H,7-10,12H2,1-2H3. The van der Waals surface area contributed by atoms with Crippen LogP contribution in [0.4, 0.5) is 11.4 Å². The van der Waals surface area contributed by atoms with Crippen LogP contribution < -0.4 is 10.2 Å². The molecule has 4 rings (SSSR count). The number of nitrogens with zero attached hydrogens (tertiary/aromatic N) is 3. The van der Waals surface area contributed by atoms with Gasteiger partial charge in [0.15, 0.2) is 0 Å². The Morgan fingerprint density at radius 2 is 1.92 bits per heavy atom. The highest BCUT2D eigenvalue weighted by Gasteiger charge is 2.12. The number of fused-ring (bicyclic) bond motifs is 1. The Kier molecular flexibility index (Phi) is 4.32. The third kappa shape index (κ3) is 3.46. The molecule has 1 aromatic carbocycles. The van der Waals surface area contributed by atoms with E-state index in [9.17, 15) is 0 Å². The summed E-state index contributed by atoms with van der Waals surface area (Å²) < 4.78 is 7.54. The monoisotopic (exact) mass is 336 g/mol. The third-order valence-electron chi connectivity index (χ3n) is 4.71. The lowest BCUT2D eigenvalue weighted by Gasteiger charge is -2.29. The molecule has 0 aliphatic carbocycles. The van der Waals surface area contributed by atoms with Crippen LogP contribution in [0.15, 0.2) is 42.7 Å². The maximum absolute atomic E-state index is 5.45. The fourth-order valence-electron chi connectivity index (χ4n) is 3.25. The highest BCUT2D eigenvalue weighted by molar-refractivity contribution is 5.62. The van der Waals surface area contributed by atoms with Crippen molar-refractivity contribution in [3.63, 3.8) is 0 Å². The normalized spacial score (nSPS) is 14.9. The van der Waals surface area contributed by atoms with E-state index in [1.165, 1.54) is 16.8 Å². The highest BCUT2D eigenvalue weighted by Crippen LogP contribution is 2.24. The lowest BCUT2D eigenvalue weighted by molar-refractivity contribution is 0.122. The van der Waals surface area contributed by atoms with E-state index in [1.807, 2.05) is 0 Å². The third-order valence-corrected chi connectivity index (χ3v) is 4.71. The van der Waals surface area contributed by atoms with Crippen molar-refractivity contribution in [1.29, 1.82) is 0 Å². The first-order valence-electron chi connectivity index (χ1n) is 8.80. The number of pyridine rings is 1. The van der Waals surface area contributed by atoms with E-state index in [1.54, 1.807) is 0 Å². The van der Waals surface area contributed by atoms with E-state index in [2.05, 4.69) is 76.2 Å². The maximum Gasteiger partial charge on any atom is 0.137 e. The molecule has 0 unspecified atom stereocenters. The molecule has 1 aliphatic rings. The van der Waals surface area contributed by atoms with Crippen LogP contribution in [0.3, 0.4) is 0 Å². The topological polar surface area (TPSA) is 41.8 Å². The van der Waals surface area contributed by atoms with Crippen molar-refractivity contribution >= 4 is 17.0 Å². The number of ether oxygens (including phenoxy) is 1. The molecule has 25 heavy (non-hydrogen) atoms. The van der Waals surface area contributed by atoms with Crippen LogP contribution in [0.1, 0.15) is 16.8 Å². The molecular weight excluding hydrogens is 312 g/mol. The van der Waals surface area contributed by atoms with Gasteiger partial charge in [0.1, 0.15) is 5.65 Å². The van der Waals surface area contributed by atoms with E-state index >= 15 is 0 Å². The van der Waals surface area contributed by atoms with Crippen LogP contribution >= 0.6 is 0 Å². The second-order valence-electron chi connectivity index (χ2n) is 6.66. The van der Waals surface area contributed by atoms with Crippen LogP contribution in [0, 0.1) is 13.8 Å². The molecule has 1 aliphatic heterocycles. The molecule has 0 spiro atoms. The summed E-state index contributed by atoms with van der Waals surface area (Å²) in [5.74, 6) is 0. The van der Waals surface area contributed by atoms with Gasteiger partial charge in [-0.05, 0) is 43.2 Å². The first-order valence-corrected chi connectivity index (χ1v) is 8.80. The number of hydrogen-bond donors (Lipinski definition) is 1. The van der Waals surface area contributed by atoms with E-state index in [-0.39, 0.29) is 0 Å². The lowest BCUT2D eigenvalue weighted by Crippen LogP contribution is -2.36. The summed E-state index contributed by atoms with van der Waals surface area (Å²) in [6.07, 6.45) is 4.20. The molecule has 2 aromatic heterocycles. The Bertz CT molecular complexity index is 881. The number of aromatic nitrogens is 2. The number of anilines is 2. The summed E-state index contributed by atoms with van der Waals surface area (Å²) in [6, 6.07) is 10.8. The largest absolute Gasteiger partial charge is 0.379 e. The molecule has 130 valence electrons. The molecule has 0 bridgehead atoms. The summed E-state index contributed by atoms with van der Waals surface area (Å²) >= 11 is 0. The summed E-state index contributed by atoms with van der Waals surface area (Å²) in [5, 5.41) is 3.55. The average molecular weight is 336 g/mol. The van der Waals surface area contributed by atoms with Gasteiger partial charge < -0.3 is 19.4 Å². The zero-order chi connectivity index (χ0) is 17.2. The predicted octanol–water partition coefficient (Wildman–Crippen LogP) is 3.40. The van der Waals surface area contributed by atoms with Crippen LogP contribution in [0.2, 0.25) is 0 Å². The maximum atomic E-state index is 5.45. The minimum atomic E-state index is 0.716. The van der Waals surface area contributed by atoms with Crippen molar-refractivity contribution in [1.82, 2.24) is 9.38 Å². The minimum Gasteiger partial charge on any atom is -0.379 e. The van der Waals surface area contributed by atoms with Crippen molar-refractivity contribution in [3.05, 3.63) is 59.5 Å². The first-order chi connectivity index (χ1) is 12.2. The number of benzene rings is 1. The van der Waals surface area contributed by atoms with Crippen LogP contribution in [0.5, 0.6) is 0 Å². The lowest BCUT2D eigenvalue weighted by atomic mass is 10.1. The van der Waals surface area contributed by atoms with Gasteiger partial charge in [-0.2, -0.15) is 0 Å². The van der Waals surface area contributed by atoms with Crippen LogP contribution in [-0.2, 0) is 11.3 Å². The van der Waals surface area contributed by atoms with Gasteiger partial charge >= 0.3 is 0 Å². The molecular formula is C20H24N4O. The highest BCUT2D eigenvalue weighted by atomic mass is 16.5. The van der Waals surface area contributed by atoms with Gasteiger partial charge in [-0.1, -0.05) is 12.1 Å². The predicted molar refractivity (Wildman–Crippen MR) is 101 cm³/mol. The number of hydrogen-bond acceptors (Lipinski definition) is 4. The van der Waals surface area contributed by atoms with E-state index in [0.717, 1.165) is 43.3 Å². The van der Waals surface area contributed by atoms with Gasteiger partial charge in [0.05, 0.1) is 25.5 Å². The van der Waals surface area contributed by atoms with Crippen molar-refractivity contribution in [2.75, 3.05) is 36.5 Å². The Morgan fingerprint density at radius 3 is 2.76 bits per heavy atom. The van der Waals surface area contributed by atoms with E-state index < -0.39 is 0 Å². The van der Waals surface area contributed by atoms with Gasteiger partial charge in [-0.25, -0.2) is 4.98 Å². The second kappa shape index (κ2) is 6.76. The molecule has 1 N–H and O–H groups in total. The fourth-order valence-corrected chi connectivity index (χ4v) is 3.25. The van der Waals surface area contributed by atoms with Gasteiger partial charge in [-0.15, -0.1) is 0 Å². The average Bonchev–Trinajstić information content (AvgIpc) is 3.03. The van der Waals surface area contributed by atoms with Crippen molar-refractivity contribution < 1.29 is 4.74 Å². The number of imidazole rings is 1. The smallest absolute Gasteiger partial charge is 0.137 e. The zero-order valence-corrected chi connectivity index (χ0v) is 14.8. The van der Waals surface area contributed by atoms with Gasteiger partial charge in [0.25, 0.3) is 0 Å². The molecule has 5 nitrogen and oxygen atoms in total. The molecule has 0 atom stereocenters. The molecule has 3 aromatic rings. The van der Waals surface area contributed by atoms with Gasteiger partial charge in [0, 0.05) is 36.9 Å². The first kappa shape index (κ1) is 16.0. The molecule has 0 saturated carbocycles. The Labute approximate surface area is 148 Å². The van der Waals surface area contributed by atoms with E-state index in [4.69, 9.17) is 4.74 Å². The van der Waals surface area contributed by atoms with Crippen LogP contribution in [-0.4, -0.2) is 35.7 Å². The fraction of sp³-hybridized carbons (Fsp3) is 0.350. The number of morpholine rings is 1. The summed E-state index contributed by atoms with van der Waals surface area (Å²) in [5.41, 5.74) is 6.93. The Hall–Kier alpha value is -2.53. The molecule has 1 saturated heterocycles. The quantitative estimate of drug-likeness (QED) is 0.793. The van der Waals surface area contributed by atoms with Crippen molar-refractivity contribution in [2.24, 2.45) is 0 Å². The Balaban J connectivity index is 1.51. The summed E-state index contributed by atoms with van der Waals surface area (Å²) in [4.78, 5) is 7.06. The SMILES string of the molecule is Cc1ccc2nc(CNc3cc(N4CCOCC4)ccc3C)cn2c1. The van der Waals surface area contributed by atoms with Crippen molar-refractivity contribution in [2.45, 2.75) is 20.4 Å². The number of nitrogens with one attached hydrogen (secondary N) is 1. The van der Waals surface area contributed by atoms with Gasteiger partial charge in [-0.3, -0.25) is 0 Å². The zero-order valence-electron chi connectivity index (χ0n) is 14.8. The van der Waals surface area contributed by atoms with Crippen LogP contribution in [0.25, 0.3) is 5.65 Å². The second-order valence-corrected chi connectivity index (χ2v) is 6.66. The summed E-state index contributed by atoms with van der Waals surface area (Å²) in [7, 11) is 0. The van der Waals surface area contributed by atoms with E-state index in [0.29, 0.717) is 6.54 Å². The minimum absolute atomic E-state index is 0.716. The summed E-state index contributed by atoms with van der Waals surface area (Å²) in [6.45, 7) is 8.46. The molecule has 0 radical (unpaired) electrons. The van der Waals surface area contributed by atoms with Gasteiger partial charge in [0.2, 0.25) is 0 Å².